The first-order valence-corrected chi connectivity index (χ1v) is 6.86. The predicted octanol–water partition coefficient (Wildman–Crippen LogP) is 3.41. The van der Waals surface area contributed by atoms with Gasteiger partial charge in [0.25, 0.3) is 0 Å². The van der Waals surface area contributed by atoms with E-state index in [1.54, 1.807) is 0 Å². The van der Waals surface area contributed by atoms with Crippen molar-refractivity contribution in [1.82, 2.24) is 15.3 Å². The van der Waals surface area contributed by atoms with E-state index >= 15 is 0 Å². The van der Waals surface area contributed by atoms with Crippen molar-refractivity contribution >= 4 is 10.8 Å². The zero-order valence-corrected chi connectivity index (χ0v) is 11.5. The van der Waals surface area contributed by atoms with Crippen LogP contribution in [-0.4, -0.2) is 16.5 Å². The number of fused-ring (bicyclic) bond motifs is 1. The molecule has 3 heteroatoms. The van der Waals surface area contributed by atoms with Crippen molar-refractivity contribution in [2.45, 2.75) is 13.5 Å². The smallest absolute Gasteiger partial charge is 0.0352 e. The molecule has 0 unspecified atom stereocenters. The molecule has 20 heavy (non-hydrogen) atoms. The SMILES string of the molecule is CCNCc1cncc(-c2cccc3ccncc23)c1. The summed E-state index contributed by atoms with van der Waals surface area (Å²) in [5.74, 6) is 0. The molecule has 3 aromatic rings. The van der Waals surface area contributed by atoms with Crippen LogP contribution in [-0.2, 0) is 6.54 Å². The van der Waals surface area contributed by atoms with Crippen LogP contribution in [0, 0.1) is 0 Å². The number of nitrogens with zero attached hydrogens (tertiary/aromatic N) is 2. The lowest BCUT2D eigenvalue weighted by molar-refractivity contribution is 0.724. The van der Waals surface area contributed by atoms with Gasteiger partial charge in [-0.05, 0) is 35.2 Å². The van der Waals surface area contributed by atoms with Gasteiger partial charge >= 0.3 is 0 Å². The number of hydrogen-bond acceptors (Lipinski definition) is 3. The summed E-state index contributed by atoms with van der Waals surface area (Å²) in [5, 5.41) is 5.70. The Balaban J connectivity index is 2.06. The molecule has 3 rings (SSSR count). The highest BCUT2D eigenvalue weighted by molar-refractivity contribution is 5.95. The van der Waals surface area contributed by atoms with Gasteiger partial charge in [-0.1, -0.05) is 25.1 Å². The third-order valence-corrected chi connectivity index (χ3v) is 3.37. The number of aromatic nitrogens is 2. The van der Waals surface area contributed by atoms with Gasteiger partial charge in [-0.25, -0.2) is 0 Å². The Morgan fingerprint density at radius 2 is 2.00 bits per heavy atom. The van der Waals surface area contributed by atoms with Crippen LogP contribution in [0.3, 0.4) is 0 Å². The normalized spacial score (nSPS) is 10.8. The third kappa shape index (κ3) is 2.53. The molecule has 0 atom stereocenters. The molecule has 2 heterocycles. The fourth-order valence-corrected chi connectivity index (χ4v) is 2.37. The molecule has 1 aromatic carbocycles. The van der Waals surface area contributed by atoms with Crippen LogP contribution in [0.5, 0.6) is 0 Å². The van der Waals surface area contributed by atoms with Crippen LogP contribution in [0.25, 0.3) is 21.9 Å². The number of benzene rings is 1. The Morgan fingerprint density at radius 3 is 2.90 bits per heavy atom. The van der Waals surface area contributed by atoms with E-state index in [2.05, 4.69) is 46.5 Å². The molecule has 1 N–H and O–H groups in total. The summed E-state index contributed by atoms with van der Waals surface area (Å²) in [4.78, 5) is 8.60. The van der Waals surface area contributed by atoms with Crippen LogP contribution in [0.4, 0.5) is 0 Å². The summed E-state index contributed by atoms with van der Waals surface area (Å²) in [5.41, 5.74) is 3.52. The van der Waals surface area contributed by atoms with E-state index in [-0.39, 0.29) is 0 Å². The first-order chi connectivity index (χ1) is 9.88. The lowest BCUT2D eigenvalue weighted by Crippen LogP contribution is -2.11. The molecule has 0 amide bonds. The maximum atomic E-state index is 4.36. The summed E-state index contributed by atoms with van der Waals surface area (Å²) in [6.07, 6.45) is 7.57. The minimum absolute atomic E-state index is 0.848. The monoisotopic (exact) mass is 263 g/mol. The quantitative estimate of drug-likeness (QED) is 0.784. The Hall–Kier alpha value is -2.26. The second-order valence-electron chi connectivity index (χ2n) is 4.76. The van der Waals surface area contributed by atoms with Crippen molar-refractivity contribution in [1.29, 1.82) is 0 Å². The van der Waals surface area contributed by atoms with E-state index in [0.717, 1.165) is 24.0 Å². The van der Waals surface area contributed by atoms with E-state index in [4.69, 9.17) is 0 Å². The van der Waals surface area contributed by atoms with Gasteiger partial charge in [-0.15, -0.1) is 0 Å². The summed E-state index contributed by atoms with van der Waals surface area (Å²) < 4.78 is 0. The van der Waals surface area contributed by atoms with Crippen molar-refractivity contribution in [3.63, 3.8) is 0 Å². The van der Waals surface area contributed by atoms with E-state index in [9.17, 15) is 0 Å². The maximum absolute atomic E-state index is 4.36. The largest absolute Gasteiger partial charge is 0.313 e. The Morgan fingerprint density at radius 1 is 1.05 bits per heavy atom. The second-order valence-corrected chi connectivity index (χ2v) is 4.76. The maximum Gasteiger partial charge on any atom is 0.0352 e. The van der Waals surface area contributed by atoms with Gasteiger partial charge in [0.15, 0.2) is 0 Å². The minimum atomic E-state index is 0.848. The van der Waals surface area contributed by atoms with Crippen LogP contribution in [0.15, 0.2) is 55.1 Å². The van der Waals surface area contributed by atoms with Gasteiger partial charge in [-0.3, -0.25) is 9.97 Å². The van der Waals surface area contributed by atoms with Crippen molar-refractivity contribution < 1.29 is 0 Å². The molecule has 0 spiro atoms. The molecule has 3 nitrogen and oxygen atoms in total. The van der Waals surface area contributed by atoms with Crippen molar-refractivity contribution in [2.24, 2.45) is 0 Å². The molecule has 0 saturated heterocycles. The topological polar surface area (TPSA) is 37.8 Å². The average Bonchev–Trinajstić information content (AvgIpc) is 2.52. The van der Waals surface area contributed by atoms with Gasteiger partial charge in [0.05, 0.1) is 0 Å². The van der Waals surface area contributed by atoms with Gasteiger partial charge < -0.3 is 5.32 Å². The molecule has 0 aliphatic rings. The lowest BCUT2D eigenvalue weighted by atomic mass is 10.0. The van der Waals surface area contributed by atoms with E-state index in [1.165, 1.54) is 16.5 Å². The second kappa shape index (κ2) is 5.80. The first kappa shape index (κ1) is 12.8. The highest BCUT2D eigenvalue weighted by Crippen LogP contribution is 2.27. The predicted molar refractivity (Wildman–Crippen MR) is 82.4 cm³/mol. The van der Waals surface area contributed by atoms with Gasteiger partial charge in [0.2, 0.25) is 0 Å². The molecule has 0 aliphatic carbocycles. The minimum Gasteiger partial charge on any atom is -0.313 e. The van der Waals surface area contributed by atoms with E-state index < -0.39 is 0 Å². The van der Waals surface area contributed by atoms with Gasteiger partial charge in [0, 0.05) is 42.3 Å². The highest BCUT2D eigenvalue weighted by Gasteiger charge is 2.05. The first-order valence-electron chi connectivity index (χ1n) is 6.86. The Bertz CT molecular complexity index is 717. The molecule has 0 aliphatic heterocycles. The van der Waals surface area contributed by atoms with Gasteiger partial charge in [-0.2, -0.15) is 0 Å². The molecular formula is C17H17N3. The van der Waals surface area contributed by atoms with E-state index in [1.807, 2.05) is 30.9 Å². The summed E-state index contributed by atoms with van der Waals surface area (Å²) >= 11 is 0. The molecule has 0 saturated carbocycles. The number of pyridine rings is 2. The van der Waals surface area contributed by atoms with Crippen molar-refractivity contribution in [3.05, 3.63) is 60.7 Å². The zero-order valence-electron chi connectivity index (χ0n) is 11.5. The van der Waals surface area contributed by atoms with Crippen LogP contribution in [0.2, 0.25) is 0 Å². The third-order valence-electron chi connectivity index (χ3n) is 3.37. The molecule has 0 radical (unpaired) electrons. The fraction of sp³-hybridized carbons (Fsp3) is 0.176. The number of rotatable bonds is 4. The molecule has 2 aromatic heterocycles. The van der Waals surface area contributed by atoms with Crippen LogP contribution < -0.4 is 5.32 Å². The zero-order chi connectivity index (χ0) is 13.8. The average molecular weight is 263 g/mol. The molecular weight excluding hydrogens is 246 g/mol. The van der Waals surface area contributed by atoms with Crippen LogP contribution in [0.1, 0.15) is 12.5 Å². The lowest BCUT2D eigenvalue weighted by Gasteiger charge is -2.08. The summed E-state index contributed by atoms with van der Waals surface area (Å²) in [6.45, 7) is 3.91. The number of nitrogens with one attached hydrogen (secondary N) is 1. The molecule has 100 valence electrons. The van der Waals surface area contributed by atoms with Crippen LogP contribution >= 0.6 is 0 Å². The molecule has 0 bridgehead atoms. The molecule has 0 fully saturated rings. The highest BCUT2D eigenvalue weighted by atomic mass is 14.8. The van der Waals surface area contributed by atoms with Crippen molar-refractivity contribution in [2.75, 3.05) is 6.54 Å². The standard InChI is InChI=1S/C17H17N3/c1-2-18-9-13-8-15(11-20-10-13)16-5-3-4-14-6-7-19-12-17(14)16/h3-8,10-12,18H,2,9H2,1H3. The van der Waals surface area contributed by atoms with Gasteiger partial charge in [0.1, 0.15) is 0 Å². The Labute approximate surface area is 118 Å². The summed E-state index contributed by atoms with van der Waals surface area (Å²) in [7, 11) is 0. The number of hydrogen-bond donors (Lipinski definition) is 1. The van der Waals surface area contributed by atoms with Crippen molar-refractivity contribution in [3.8, 4) is 11.1 Å². The van der Waals surface area contributed by atoms with E-state index in [0.29, 0.717) is 0 Å². The summed E-state index contributed by atoms with van der Waals surface area (Å²) in [6, 6.07) is 10.5. The fourth-order valence-electron chi connectivity index (χ4n) is 2.37. The Kier molecular flexibility index (Phi) is 3.70.